The van der Waals surface area contributed by atoms with Crippen molar-refractivity contribution in [3.05, 3.63) is 42.4 Å². The number of alkyl carbamates (subject to hydrolysis) is 1. The van der Waals surface area contributed by atoms with E-state index in [2.05, 4.69) is 22.0 Å². The third kappa shape index (κ3) is 6.00. The molecule has 0 aromatic carbocycles. The first-order valence-electron chi connectivity index (χ1n) is 10.6. The SMILES string of the molecule is C=CC[C@@H](N)c1cnn2cc([C@@H](NC(=O)OC(C)(C)C)C3CCC(F)(F)CC3)nc2c1. The quantitative estimate of drug-likeness (QED) is 0.642. The van der Waals surface area contributed by atoms with Gasteiger partial charge in [0, 0.05) is 18.9 Å². The van der Waals surface area contributed by atoms with E-state index in [9.17, 15) is 13.6 Å². The summed E-state index contributed by atoms with van der Waals surface area (Å²) in [6, 6.07) is 1.04. The average molecular weight is 436 g/mol. The van der Waals surface area contributed by atoms with Crippen LogP contribution in [-0.2, 0) is 4.74 Å². The standard InChI is InChI=1S/C22H31F2N5O2/c1-5-6-16(25)15-11-18-27-17(13-29(18)26-12-15)19(28-20(30)31-21(2,3)4)14-7-9-22(23,24)10-8-14/h5,11-14,16,19H,1,6-10,25H2,2-4H3,(H,28,30)/t16-,19+/m1/s1. The number of alkyl halides is 2. The minimum absolute atomic E-state index is 0.181. The Hall–Kier alpha value is -2.55. The zero-order chi connectivity index (χ0) is 22.8. The molecule has 2 aromatic heterocycles. The van der Waals surface area contributed by atoms with Crippen molar-refractivity contribution in [1.82, 2.24) is 19.9 Å². The number of fused-ring (bicyclic) bond motifs is 1. The van der Waals surface area contributed by atoms with Crippen LogP contribution in [0.5, 0.6) is 0 Å². The maximum atomic E-state index is 13.7. The van der Waals surface area contributed by atoms with E-state index in [-0.39, 0.29) is 37.6 Å². The van der Waals surface area contributed by atoms with Gasteiger partial charge in [0.25, 0.3) is 0 Å². The Morgan fingerprint density at radius 3 is 2.74 bits per heavy atom. The Morgan fingerprint density at radius 1 is 1.45 bits per heavy atom. The van der Waals surface area contributed by atoms with Crippen molar-refractivity contribution < 1.29 is 18.3 Å². The fraction of sp³-hybridized carbons (Fsp3) is 0.591. The molecule has 2 heterocycles. The van der Waals surface area contributed by atoms with Crippen LogP contribution in [-0.4, -0.2) is 32.2 Å². The van der Waals surface area contributed by atoms with Crippen LogP contribution in [0.1, 0.15) is 76.2 Å². The molecule has 1 aliphatic carbocycles. The van der Waals surface area contributed by atoms with Crippen molar-refractivity contribution >= 4 is 11.7 Å². The number of nitrogens with two attached hydrogens (primary N) is 1. The fourth-order valence-corrected chi connectivity index (χ4v) is 3.84. The van der Waals surface area contributed by atoms with Gasteiger partial charge in [0.05, 0.1) is 24.1 Å². The largest absolute Gasteiger partial charge is 0.444 e. The lowest BCUT2D eigenvalue weighted by molar-refractivity contribution is -0.0500. The molecule has 1 aliphatic rings. The lowest BCUT2D eigenvalue weighted by Gasteiger charge is -2.33. The van der Waals surface area contributed by atoms with Gasteiger partial charge >= 0.3 is 6.09 Å². The average Bonchev–Trinajstić information content (AvgIpc) is 3.08. The van der Waals surface area contributed by atoms with E-state index in [0.29, 0.717) is 17.8 Å². The topological polar surface area (TPSA) is 94.5 Å². The second-order valence-electron chi connectivity index (χ2n) is 9.21. The lowest BCUT2D eigenvalue weighted by Crippen LogP contribution is -2.40. The Labute approximate surface area is 181 Å². The summed E-state index contributed by atoms with van der Waals surface area (Å²) in [5, 5.41) is 7.23. The highest BCUT2D eigenvalue weighted by atomic mass is 19.3. The molecule has 0 spiro atoms. The summed E-state index contributed by atoms with van der Waals surface area (Å²) < 4.78 is 34.4. The molecule has 0 radical (unpaired) electrons. The van der Waals surface area contributed by atoms with E-state index >= 15 is 0 Å². The number of imidazole rings is 1. The number of halogens is 2. The summed E-state index contributed by atoms with van der Waals surface area (Å²) in [7, 11) is 0. The minimum atomic E-state index is -2.66. The summed E-state index contributed by atoms with van der Waals surface area (Å²) in [6.07, 6.45) is 5.27. The molecule has 9 heteroatoms. The Bertz CT molecular complexity index is 928. The first-order valence-corrected chi connectivity index (χ1v) is 10.6. The van der Waals surface area contributed by atoms with E-state index in [1.807, 2.05) is 6.07 Å². The highest BCUT2D eigenvalue weighted by Crippen LogP contribution is 2.41. The number of aromatic nitrogens is 3. The van der Waals surface area contributed by atoms with Crippen LogP contribution in [0, 0.1) is 5.92 Å². The van der Waals surface area contributed by atoms with Crippen LogP contribution in [0.15, 0.2) is 31.1 Å². The van der Waals surface area contributed by atoms with Crippen molar-refractivity contribution in [2.24, 2.45) is 11.7 Å². The number of nitrogens with one attached hydrogen (secondary N) is 1. The monoisotopic (exact) mass is 435 g/mol. The molecule has 0 bridgehead atoms. The van der Waals surface area contributed by atoms with Crippen LogP contribution in [0.25, 0.3) is 5.65 Å². The van der Waals surface area contributed by atoms with Crippen LogP contribution >= 0.6 is 0 Å². The van der Waals surface area contributed by atoms with Gasteiger partial charge in [0.2, 0.25) is 5.92 Å². The van der Waals surface area contributed by atoms with Gasteiger partial charge in [-0.25, -0.2) is 23.1 Å². The molecule has 1 saturated carbocycles. The molecule has 7 nitrogen and oxygen atoms in total. The molecule has 2 aromatic rings. The van der Waals surface area contributed by atoms with Gasteiger partial charge in [-0.2, -0.15) is 5.10 Å². The number of hydrogen-bond acceptors (Lipinski definition) is 5. The first-order chi connectivity index (χ1) is 14.5. The Balaban J connectivity index is 1.89. The van der Waals surface area contributed by atoms with E-state index in [1.165, 1.54) is 0 Å². The minimum Gasteiger partial charge on any atom is -0.444 e. The van der Waals surface area contributed by atoms with Crippen molar-refractivity contribution in [2.75, 3.05) is 0 Å². The molecule has 1 amide bonds. The number of carbonyl (C=O) groups is 1. The summed E-state index contributed by atoms with van der Waals surface area (Å²) in [4.78, 5) is 17.1. The van der Waals surface area contributed by atoms with E-state index in [1.54, 1.807) is 43.8 Å². The highest BCUT2D eigenvalue weighted by molar-refractivity contribution is 5.68. The van der Waals surface area contributed by atoms with Gasteiger partial charge in [-0.15, -0.1) is 6.58 Å². The molecular weight excluding hydrogens is 404 g/mol. The number of rotatable bonds is 6. The van der Waals surface area contributed by atoms with Gasteiger partial charge in [-0.3, -0.25) is 0 Å². The fourth-order valence-electron chi connectivity index (χ4n) is 3.84. The lowest BCUT2D eigenvalue weighted by atomic mass is 9.81. The predicted molar refractivity (Wildman–Crippen MR) is 114 cm³/mol. The highest BCUT2D eigenvalue weighted by Gasteiger charge is 2.39. The van der Waals surface area contributed by atoms with Gasteiger partial charge in [-0.05, 0) is 57.6 Å². The van der Waals surface area contributed by atoms with Crippen LogP contribution in [0.4, 0.5) is 13.6 Å². The van der Waals surface area contributed by atoms with Gasteiger partial charge in [0.15, 0.2) is 5.65 Å². The number of ether oxygens (including phenoxy) is 1. The summed E-state index contributed by atoms with van der Waals surface area (Å²) in [6.45, 7) is 9.01. The zero-order valence-electron chi connectivity index (χ0n) is 18.3. The molecule has 0 aliphatic heterocycles. The zero-order valence-corrected chi connectivity index (χ0v) is 18.3. The maximum absolute atomic E-state index is 13.7. The predicted octanol–water partition coefficient (Wildman–Crippen LogP) is 4.70. The maximum Gasteiger partial charge on any atom is 0.408 e. The molecular formula is C22H31F2N5O2. The number of carbonyl (C=O) groups excluding carboxylic acids is 1. The molecule has 0 unspecified atom stereocenters. The van der Waals surface area contributed by atoms with Crippen molar-refractivity contribution in [3.8, 4) is 0 Å². The molecule has 3 N–H and O–H groups in total. The Kier molecular flexibility index (Phi) is 6.64. The summed E-state index contributed by atoms with van der Waals surface area (Å²) >= 11 is 0. The van der Waals surface area contributed by atoms with E-state index < -0.39 is 23.7 Å². The molecule has 31 heavy (non-hydrogen) atoms. The molecule has 0 saturated heterocycles. The molecule has 170 valence electrons. The van der Waals surface area contributed by atoms with Crippen molar-refractivity contribution in [3.63, 3.8) is 0 Å². The number of amides is 1. The number of hydrogen-bond donors (Lipinski definition) is 2. The van der Waals surface area contributed by atoms with Crippen LogP contribution < -0.4 is 11.1 Å². The smallest absolute Gasteiger partial charge is 0.408 e. The molecule has 3 rings (SSSR count). The van der Waals surface area contributed by atoms with Gasteiger partial charge in [-0.1, -0.05) is 6.08 Å². The summed E-state index contributed by atoms with van der Waals surface area (Å²) in [5.41, 5.74) is 7.41. The van der Waals surface area contributed by atoms with Crippen molar-refractivity contribution in [1.29, 1.82) is 0 Å². The molecule has 2 atom stereocenters. The van der Waals surface area contributed by atoms with Gasteiger partial charge < -0.3 is 15.8 Å². The normalized spacial score (nSPS) is 19.0. The second kappa shape index (κ2) is 8.90. The van der Waals surface area contributed by atoms with Crippen LogP contribution in [0.3, 0.4) is 0 Å². The first kappa shape index (κ1) is 23.1. The van der Waals surface area contributed by atoms with E-state index in [0.717, 1.165) is 5.56 Å². The third-order valence-corrected chi connectivity index (χ3v) is 5.43. The van der Waals surface area contributed by atoms with Crippen LogP contribution in [0.2, 0.25) is 0 Å². The molecule has 1 fully saturated rings. The summed E-state index contributed by atoms with van der Waals surface area (Å²) in [5.74, 6) is -2.84. The number of nitrogens with zero attached hydrogens (tertiary/aromatic N) is 3. The third-order valence-electron chi connectivity index (χ3n) is 5.43. The van der Waals surface area contributed by atoms with Crippen molar-refractivity contribution in [2.45, 2.75) is 76.5 Å². The van der Waals surface area contributed by atoms with Gasteiger partial charge in [0.1, 0.15) is 5.60 Å². The Morgan fingerprint density at radius 2 is 2.13 bits per heavy atom. The van der Waals surface area contributed by atoms with E-state index in [4.69, 9.17) is 10.5 Å². The second-order valence-corrected chi connectivity index (χ2v) is 9.21.